The Bertz CT molecular complexity index is 1920. The molecule has 2 aliphatic rings. The summed E-state index contributed by atoms with van der Waals surface area (Å²) in [5.41, 5.74) is 19.8. The summed E-state index contributed by atoms with van der Waals surface area (Å²) in [7, 11) is 6.53. The van der Waals surface area contributed by atoms with Crippen molar-refractivity contribution in [1.82, 2.24) is 9.80 Å². The molecule has 0 bridgehead atoms. The Hall–Kier alpha value is -5.21. The average Bonchev–Trinajstić information content (AvgIpc) is 3.30. The van der Waals surface area contributed by atoms with Crippen molar-refractivity contribution in [2.45, 2.75) is 37.8 Å². The second kappa shape index (κ2) is 25.4. The highest BCUT2D eigenvalue weighted by molar-refractivity contribution is 5.44. The molecule has 0 aromatic heterocycles. The monoisotopic (exact) mass is 826 g/mol. The molecule has 2 aliphatic heterocycles. The Morgan fingerprint density at radius 2 is 1.08 bits per heavy atom. The van der Waals surface area contributed by atoms with Crippen LogP contribution in [0.2, 0.25) is 0 Å². The average molecular weight is 827 g/mol. The highest BCUT2D eigenvalue weighted by atomic mass is 16.5. The largest absolute Gasteiger partial charge is 0.493 e. The summed E-state index contributed by atoms with van der Waals surface area (Å²) in [6.45, 7) is 10.1. The van der Waals surface area contributed by atoms with Gasteiger partial charge in [-0.05, 0) is 102 Å². The highest BCUT2D eigenvalue weighted by Gasteiger charge is 2.15. The second-order valence-corrected chi connectivity index (χ2v) is 14.5. The van der Waals surface area contributed by atoms with E-state index in [-0.39, 0.29) is 12.1 Å². The quantitative estimate of drug-likeness (QED) is 0.0506. The van der Waals surface area contributed by atoms with E-state index in [4.69, 9.17) is 49.2 Å². The van der Waals surface area contributed by atoms with E-state index in [0.717, 1.165) is 125 Å². The summed E-state index contributed by atoms with van der Waals surface area (Å²) in [5, 5.41) is 4.03. The van der Waals surface area contributed by atoms with E-state index < -0.39 is 0 Å². The molecule has 14 heteroatoms. The number of methoxy groups -OCH3 is 4. The molecule has 0 radical (unpaired) electrons. The Morgan fingerprint density at radius 3 is 1.57 bits per heavy atom. The lowest BCUT2D eigenvalue weighted by molar-refractivity contribution is 0.0321. The Morgan fingerprint density at radius 1 is 0.617 bits per heavy atom. The van der Waals surface area contributed by atoms with Gasteiger partial charge in [0.15, 0.2) is 23.0 Å². The molecule has 4 aromatic carbocycles. The van der Waals surface area contributed by atoms with E-state index in [1.165, 1.54) is 5.56 Å². The van der Waals surface area contributed by atoms with Crippen LogP contribution in [0.3, 0.4) is 0 Å². The third-order valence-electron chi connectivity index (χ3n) is 10.6. The molecule has 2 heterocycles. The summed E-state index contributed by atoms with van der Waals surface area (Å²) in [5.74, 6) is 4.53. The van der Waals surface area contributed by atoms with Crippen molar-refractivity contribution in [3.63, 3.8) is 0 Å². The van der Waals surface area contributed by atoms with Crippen LogP contribution in [0.5, 0.6) is 34.5 Å². The van der Waals surface area contributed by atoms with Crippen molar-refractivity contribution in [2.75, 3.05) is 107 Å². The van der Waals surface area contributed by atoms with Gasteiger partial charge in [0.25, 0.3) is 0 Å². The number of hydrogen-bond donors (Lipinski definition) is 1. The zero-order valence-electron chi connectivity index (χ0n) is 35.6. The first-order chi connectivity index (χ1) is 29.4. The fourth-order valence-corrected chi connectivity index (χ4v) is 7.10. The third-order valence-corrected chi connectivity index (χ3v) is 10.6. The molecule has 2 fully saturated rings. The lowest BCUT2D eigenvalue weighted by Crippen LogP contribution is -2.38. The fraction of sp³-hybridized carbons (Fsp3) is 0.478. The Balaban J connectivity index is 0.000000228. The topological polar surface area (TPSA) is 155 Å². The molecule has 0 unspecified atom stereocenters. The van der Waals surface area contributed by atoms with Crippen LogP contribution in [0, 0.1) is 0 Å². The first-order valence-corrected chi connectivity index (χ1v) is 20.7. The number of ether oxygens (including phenoxy) is 8. The molecule has 2 saturated heterocycles. The molecule has 4 aromatic rings. The zero-order valence-corrected chi connectivity index (χ0v) is 35.6. The van der Waals surface area contributed by atoms with Crippen molar-refractivity contribution in [3.05, 3.63) is 118 Å². The molecule has 14 nitrogen and oxygen atoms in total. The van der Waals surface area contributed by atoms with E-state index in [1.807, 2.05) is 66.7 Å². The first kappa shape index (κ1) is 45.9. The lowest BCUT2D eigenvalue weighted by Gasteiger charge is -2.26. The predicted molar refractivity (Wildman–Crippen MR) is 233 cm³/mol. The standard InChI is InChI=1S/C23H30N4O4.C23H32N2O4/c1-28-22-9-7-18(16-23(22)29-2)6-8-21(25-26-24)19-4-3-5-20(17-19)31-15-12-27-10-13-30-14-11-27;1-26-22-9-7-18(16-23(22)27-2)6-8-21(24)19-4-3-5-20(17-19)29-15-12-25-10-13-28-14-11-25/h3-5,7,9,16-17,21H,6,8,10-15H2,1-2H3;3-5,7,9,16-17,21H,6,8,10-15,24H2,1-2H3/t2*21-/m11/s1. The number of nitrogens with two attached hydrogens (primary N) is 1. The Labute approximate surface area is 355 Å². The molecular formula is C46H62N6O8. The SMILES string of the molecule is COc1ccc(CC[C@@H](N)c2cccc(OCCN3CCOCC3)c2)cc1OC.COc1ccc(CC[C@@H](N=[N+]=[N-])c2cccc(OCCN3CCOCC3)c2)cc1OC. The second-order valence-electron chi connectivity index (χ2n) is 14.5. The van der Waals surface area contributed by atoms with Gasteiger partial charge in [-0.3, -0.25) is 9.80 Å². The maximum atomic E-state index is 9.08. The molecule has 0 aliphatic carbocycles. The molecule has 2 atom stereocenters. The number of benzene rings is 4. The van der Waals surface area contributed by atoms with Gasteiger partial charge in [-0.1, -0.05) is 41.5 Å². The lowest BCUT2D eigenvalue weighted by atomic mass is 9.99. The summed E-state index contributed by atoms with van der Waals surface area (Å²) >= 11 is 0. The van der Waals surface area contributed by atoms with Crippen LogP contribution < -0.4 is 34.2 Å². The summed E-state index contributed by atoms with van der Waals surface area (Å²) < 4.78 is 44.0. The van der Waals surface area contributed by atoms with Gasteiger partial charge in [0.1, 0.15) is 24.7 Å². The maximum Gasteiger partial charge on any atom is 0.160 e. The zero-order chi connectivity index (χ0) is 42.4. The number of rotatable bonds is 21. The van der Waals surface area contributed by atoms with Gasteiger partial charge in [-0.15, -0.1) is 0 Å². The minimum Gasteiger partial charge on any atom is -0.493 e. The van der Waals surface area contributed by atoms with Crippen LogP contribution in [0.1, 0.15) is 47.2 Å². The van der Waals surface area contributed by atoms with Gasteiger partial charge in [0.05, 0.1) is 60.9 Å². The highest BCUT2D eigenvalue weighted by Crippen LogP contribution is 2.32. The summed E-state index contributed by atoms with van der Waals surface area (Å²) in [6.07, 6.45) is 3.12. The number of hydrogen-bond acceptors (Lipinski definition) is 12. The molecular weight excluding hydrogens is 765 g/mol. The summed E-state index contributed by atoms with van der Waals surface area (Å²) in [6, 6.07) is 27.4. The first-order valence-electron chi connectivity index (χ1n) is 20.7. The van der Waals surface area contributed by atoms with Crippen molar-refractivity contribution < 1.29 is 37.9 Å². The van der Waals surface area contributed by atoms with Gasteiger partial charge >= 0.3 is 0 Å². The van der Waals surface area contributed by atoms with Gasteiger partial charge in [0, 0.05) is 50.2 Å². The van der Waals surface area contributed by atoms with Crippen molar-refractivity contribution in [3.8, 4) is 34.5 Å². The molecule has 6 rings (SSSR count). The minimum absolute atomic E-state index is 0.0501. The van der Waals surface area contributed by atoms with Crippen LogP contribution in [0.4, 0.5) is 0 Å². The molecule has 0 saturated carbocycles. The van der Waals surface area contributed by atoms with Gasteiger partial charge in [-0.2, -0.15) is 0 Å². The van der Waals surface area contributed by atoms with Crippen molar-refractivity contribution >= 4 is 0 Å². The van der Waals surface area contributed by atoms with Crippen molar-refractivity contribution in [1.29, 1.82) is 0 Å². The van der Waals surface area contributed by atoms with E-state index in [0.29, 0.717) is 31.1 Å². The van der Waals surface area contributed by atoms with Gasteiger partial charge < -0.3 is 43.6 Å². The molecule has 0 amide bonds. The smallest absolute Gasteiger partial charge is 0.160 e. The molecule has 0 spiro atoms. The third kappa shape index (κ3) is 14.8. The van der Waals surface area contributed by atoms with Crippen molar-refractivity contribution in [2.24, 2.45) is 10.8 Å². The minimum atomic E-state index is -0.277. The van der Waals surface area contributed by atoms with Crippen LogP contribution in [-0.4, -0.2) is 117 Å². The van der Waals surface area contributed by atoms with Crippen LogP contribution in [0.25, 0.3) is 10.4 Å². The number of nitrogens with zero attached hydrogens (tertiary/aromatic N) is 5. The molecule has 60 heavy (non-hydrogen) atoms. The van der Waals surface area contributed by atoms with Crippen LogP contribution in [0.15, 0.2) is 90.0 Å². The molecule has 324 valence electrons. The van der Waals surface area contributed by atoms with E-state index in [9.17, 15) is 0 Å². The summed E-state index contributed by atoms with van der Waals surface area (Å²) in [4.78, 5) is 7.76. The van der Waals surface area contributed by atoms with E-state index in [1.54, 1.807) is 28.4 Å². The maximum absolute atomic E-state index is 9.08. The normalized spacial score (nSPS) is 15.3. The number of morpholine rings is 2. The van der Waals surface area contributed by atoms with Gasteiger partial charge in [-0.25, -0.2) is 0 Å². The number of azide groups is 1. The van der Waals surface area contributed by atoms with E-state index in [2.05, 4.69) is 38.0 Å². The number of aryl methyl sites for hydroxylation is 2. The van der Waals surface area contributed by atoms with Crippen LogP contribution >= 0.6 is 0 Å². The predicted octanol–water partition coefficient (Wildman–Crippen LogP) is 7.45. The van der Waals surface area contributed by atoms with Crippen LogP contribution in [-0.2, 0) is 22.3 Å². The van der Waals surface area contributed by atoms with Gasteiger partial charge in [0.2, 0.25) is 0 Å². The molecule has 2 N–H and O–H groups in total. The fourth-order valence-electron chi connectivity index (χ4n) is 7.10. The van der Waals surface area contributed by atoms with E-state index >= 15 is 0 Å². The Kier molecular flexibility index (Phi) is 19.4.